The monoisotopic (exact) mass is 746 g/mol. The van der Waals surface area contributed by atoms with Crippen molar-refractivity contribution < 1.29 is 69.1 Å². The molecular formula is C33H26F12O4S. The van der Waals surface area contributed by atoms with Gasteiger partial charge in [-0.05, 0) is 41.3 Å². The standard InChI is InChI=1S/C33H26F12O4S/c1-2-3-10-46-23-16-47-32(48-17-23)19-6-4-18(5-7-19)20-8-9-24(25(34)11-20)21-12-26(35)30(27(36)13-21)33(39,40)49-22-14-28(37)31(29(38)15-22)50(41,42,43,44)45/h4-9,11-15,23,32H,2-3,10,16-17H2,1H3. The van der Waals surface area contributed by atoms with Gasteiger partial charge in [0.05, 0.1) is 13.2 Å². The molecule has 0 aliphatic carbocycles. The summed E-state index contributed by atoms with van der Waals surface area (Å²) in [5.41, 5.74) is -1.60. The van der Waals surface area contributed by atoms with Gasteiger partial charge in [0.15, 0.2) is 22.8 Å². The van der Waals surface area contributed by atoms with Crippen LogP contribution in [-0.2, 0) is 20.3 Å². The first kappa shape index (κ1) is 37.3. The molecule has 0 spiro atoms. The molecule has 4 nitrogen and oxygen atoms in total. The van der Waals surface area contributed by atoms with Crippen LogP contribution in [-0.4, -0.2) is 25.9 Å². The highest BCUT2D eigenvalue weighted by Gasteiger charge is 2.69. The van der Waals surface area contributed by atoms with Crippen LogP contribution in [0.5, 0.6) is 5.75 Å². The Morgan fingerprint density at radius 2 is 1.24 bits per heavy atom. The fourth-order valence-corrected chi connectivity index (χ4v) is 5.95. The summed E-state index contributed by atoms with van der Waals surface area (Å²) >= 11 is 0. The fraction of sp³-hybridized carbons (Fsp3) is 0.273. The van der Waals surface area contributed by atoms with Crippen LogP contribution < -0.4 is 4.74 Å². The number of benzene rings is 4. The summed E-state index contributed by atoms with van der Waals surface area (Å²) in [6.07, 6.45) is -4.07. The zero-order valence-electron chi connectivity index (χ0n) is 25.6. The summed E-state index contributed by atoms with van der Waals surface area (Å²) in [4.78, 5) is -3.61. The summed E-state index contributed by atoms with van der Waals surface area (Å²) in [6.45, 7) is 3.31. The van der Waals surface area contributed by atoms with Crippen molar-refractivity contribution >= 4 is 10.2 Å². The Morgan fingerprint density at radius 3 is 1.76 bits per heavy atom. The lowest BCUT2D eigenvalue weighted by molar-refractivity contribution is -0.230. The molecule has 0 amide bonds. The third kappa shape index (κ3) is 8.33. The predicted octanol–water partition coefficient (Wildman–Crippen LogP) is 11.7. The number of hydrogen-bond acceptors (Lipinski definition) is 4. The second-order valence-electron chi connectivity index (χ2n) is 11.3. The van der Waals surface area contributed by atoms with E-state index < -0.39 is 91.2 Å². The largest absolute Gasteiger partial charge is 0.432 e. The molecule has 50 heavy (non-hydrogen) atoms. The zero-order valence-corrected chi connectivity index (χ0v) is 26.4. The number of rotatable bonds is 11. The van der Waals surface area contributed by atoms with Crippen LogP contribution in [0.15, 0.2) is 71.6 Å². The lowest BCUT2D eigenvalue weighted by atomic mass is 9.97. The van der Waals surface area contributed by atoms with Crippen LogP contribution in [0.25, 0.3) is 22.3 Å². The lowest BCUT2D eigenvalue weighted by Gasteiger charge is -2.40. The van der Waals surface area contributed by atoms with Gasteiger partial charge in [-0.2, -0.15) is 8.78 Å². The highest BCUT2D eigenvalue weighted by molar-refractivity contribution is 8.45. The molecule has 0 unspecified atom stereocenters. The first-order chi connectivity index (χ1) is 23.2. The third-order valence-corrected chi connectivity index (χ3v) is 8.61. The van der Waals surface area contributed by atoms with Gasteiger partial charge in [-0.3, -0.25) is 0 Å². The Hall–Kier alpha value is -3.93. The predicted molar refractivity (Wildman–Crippen MR) is 159 cm³/mol. The molecule has 1 fully saturated rings. The number of ether oxygens (including phenoxy) is 4. The van der Waals surface area contributed by atoms with Crippen molar-refractivity contribution in [3.8, 4) is 28.0 Å². The van der Waals surface area contributed by atoms with Gasteiger partial charge in [0.25, 0.3) is 0 Å². The van der Waals surface area contributed by atoms with E-state index in [-0.39, 0.29) is 6.10 Å². The van der Waals surface area contributed by atoms with Crippen LogP contribution in [0, 0.1) is 29.1 Å². The van der Waals surface area contributed by atoms with Gasteiger partial charge in [-0.25, -0.2) is 22.0 Å². The molecule has 0 radical (unpaired) electrons. The maximum atomic E-state index is 15.2. The summed E-state index contributed by atoms with van der Waals surface area (Å²) in [7, 11) is -10.9. The quantitative estimate of drug-likeness (QED) is 0.113. The Kier molecular flexibility index (Phi) is 9.70. The van der Waals surface area contributed by atoms with Crippen molar-refractivity contribution in [3.63, 3.8) is 0 Å². The zero-order chi connectivity index (χ0) is 36.7. The van der Waals surface area contributed by atoms with Crippen molar-refractivity contribution in [1.29, 1.82) is 0 Å². The SMILES string of the molecule is CCCCOC1COC(c2ccc(-c3ccc(-c4cc(F)c(C(F)(F)Oc5cc(F)c(S(F)(F)(F)(F)F)c(F)c5)c(F)c4)c(F)c3)cc2)OC1. The first-order valence-corrected chi connectivity index (χ1v) is 16.7. The summed E-state index contributed by atoms with van der Waals surface area (Å²) in [6, 6.07) is 9.53. The van der Waals surface area contributed by atoms with Gasteiger partial charge in [0.1, 0.15) is 34.9 Å². The second kappa shape index (κ2) is 13.0. The first-order valence-electron chi connectivity index (χ1n) is 14.7. The van der Waals surface area contributed by atoms with Crippen LogP contribution in [0.3, 0.4) is 0 Å². The Bertz CT molecular complexity index is 1830. The van der Waals surface area contributed by atoms with Gasteiger partial charge >= 0.3 is 16.3 Å². The molecule has 0 atom stereocenters. The Balaban J connectivity index is 1.31. The smallest absolute Gasteiger partial charge is 0.429 e. The van der Waals surface area contributed by atoms with E-state index in [1.807, 2.05) is 6.92 Å². The minimum atomic E-state index is -10.9. The molecule has 0 N–H and O–H groups in total. The molecule has 4 aromatic carbocycles. The van der Waals surface area contributed by atoms with E-state index in [1.54, 1.807) is 24.3 Å². The summed E-state index contributed by atoms with van der Waals surface area (Å²) in [5, 5.41) is 0. The number of hydrogen-bond donors (Lipinski definition) is 0. The van der Waals surface area contributed by atoms with Gasteiger partial charge in [0.2, 0.25) is 0 Å². The molecule has 0 aromatic heterocycles. The van der Waals surface area contributed by atoms with Gasteiger partial charge < -0.3 is 18.9 Å². The van der Waals surface area contributed by atoms with E-state index in [1.165, 1.54) is 6.07 Å². The molecule has 1 aliphatic heterocycles. The van der Waals surface area contributed by atoms with Crippen molar-refractivity contribution in [1.82, 2.24) is 0 Å². The molecular weight excluding hydrogens is 720 g/mol. The molecule has 1 aliphatic rings. The number of alkyl halides is 2. The van der Waals surface area contributed by atoms with Gasteiger partial charge in [-0.15, -0.1) is 0 Å². The van der Waals surface area contributed by atoms with Crippen LogP contribution in [0.4, 0.5) is 50.2 Å². The van der Waals surface area contributed by atoms with Crippen molar-refractivity contribution in [3.05, 3.63) is 107 Å². The van der Waals surface area contributed by atoms with Gasteiger partial charge in [0, 0.05) is 29.9 Å². The number of unbranched alkanes of at least 4 members (excludes halogenated alkanes) is 1. The topological polar surface area (TPSA) is 36.9 Å². The van der Waals surface area contributed by atoms with Crippen molar-refractivity contribution in [2.45, 2.75) is 43.2 Å². The third-order valence-electron chi connectivity index (χ3n) is 7.45. The van der Waals surface area contributed by atoms with Crippen LogP contribution >= 0.6 is 10.2 Å². The van der Waals surface area contributed by atoms with E-state index in [0.717, 1.165) is 25.0 Å². The maximum absolute atomic E-state index is 15.2. The lowest BCUT2D eigenvalue weighted by Crippen LogP contribution is -2.33. The molecule has 0 bridgehead atoms. The average molecular weight is 747 g/mol. The highest BCUT2D eigenvalue weighted by Crippen LogP contribution is 3.02. The summed E-state index contributed by atoms with van der Waals surface area (Å²) in [5.74, 6) is -12.9. The van der Waals surface area contributed by atoms with E-state index in [4.69, 9.17) is 14.2 Å². The minimum Gasteiger partial charge on any atom is -0.429 e. The Labute approximate surface area is 277 Å². The molecule has 272 valence electrons. The molecule has 1 heterocycles. The Morgan fingerprint density at radius 1 is 0.700 bits per heavy atom. The van der Waals surface area contributed by atoms with Crippen LogP contribution in [0.2, 0.25) is 0 Å². The maximum Gasteiger partial charge on any atom is 0.432 e. The van der Waals surface area contributed by atoms with Crippen molar-refractivity contribution in [2.75, 3.05) is 19.8 Å². The van der Waals surface area contributed by atoms with E-state index in [9.17, 15) is 45.8 Å². The van der Waals surface area contributed by atoms with E-state index >= 15 is 4.39 Å². The second-order valence-corrected chi connectivity index (χ2v) is 13.6. The van der Waals surface area contributed by atoms with E-state index in [0.29, 0.717) is 48.6 Å². The number of halogens is 12. The van der Waals surface area contributed by atoms with Crippen LogP contribution in [0.1, 0.15) is 37.2 Å². The molecule has 1 saturated heterocycles. The normalized spacial score (nSPS) is 18.4. The van der Waals surface area contributed by atoms with Gasteiger partial charge in [-0.1, -0.05) is 69.2 Å². The summed E-state index contributed by atoms with van der Waals surface area (Å²) < 4.78 is 188. The minimum absolute atomic E-state index is 0.188. The van der Waals surface area contributed by atoms with E-state index in [2.05, 4.69) is 4.74 Å². The fourth-order valence-electron chi connectivity index (χ4n) is 5.10. The van der Waals surface area contributed by atoms with Crippen molar-refractivity contribution in [2.24, 2.45) is 0 Å². The molecule has 0 saturated carbocycles. The molecule has 5 rings (SSSR count). The average Bonchev–Trinajstić information content (AvgIpc) is 2.99. The molecule has 4 aromatic rings. The molecule has 17 heteroatoms. The highest BCUT2D eigenvalue weighted by atomic mass is 32.5.